The van der Waals surface area contributed by atoms with Gasteiger partial charge in [-0.15, -0.1) is 0 Å². The summed E-state index contributed by atoms with van der Waals surface area (Å²) in [5.74, 6) is -0.0479. The molecule has 3 rings (SSSR count). The van der Waals surface area contributed by atoms with Crippen molar-refractivity contribution in [3.8, 4) is 0 Å². The van der Waals surface area contributed by atoms with Crippen molar-refractivity contribution in [1.29, 1.82) is 0 Å². The standard InChI is InChI=1S/C22H40N4O5S/c1-22(2,3)31-21(28)25-12-10-18(11-13-25)20(27)24-14-16-26(17-15-24)32(29,30)23(4)19-8-6-5-7-9-19/h18-19H,5-17H2,1-4H3. The van der Waals surface area contributed by atoms with Crippen molar-refractivity contribution in [2.45, 2.75) is 77.4 Å². The van der Waals surface area contributed by atoms with Gasteiger partial charge in [-0.25, -0.2) is 4.79 Å². The minimum absolute atomic E-state index is 0.0755. The van der Waals surface area contributed by atoms with Gasteiger partial charge in [0.25, 0.3) is 10.2 Å². The topological polar surface area (TPSA) is 90.5 Å². The summed E-state index contributed by atoms with van der Waals surface area (Å²) in [5, 5.41) is 0. The van der Waals surface area contributed by atoms with E-state index in [-0.39, 0.29) is 24.0 Å². The fourth-order valence-electron chi connectivity index (χ4n) is 4.85. The zero-order valence-electron chi connectivity index (χ0n) is 20.1. The molecule has 32 heavy (non-hydrogen) atoms. The van der Waals surface area contributed by atoms with Gasteiger partial charge >= 0.3 is 6.09 Å². The Hall–Kier alpha value is -1.39. The first-order chi connectivity index (χ1) is 15.0. The summed E-state index contributed by atoms with van der Waals surface area (Å²) in [7, 11) is -1.80. The molecule has 0 atom stereocenters. The number of hydrogen-bond acceptors (Lipinski definition) is 5. The Morgan fingerprint density at radius 2 is 1.41 bits per heavy atom. The number of carbonyl (C=O) groups excluding carboxylic acids is 2. The molecule has 9 nitrogen and oxygen atoms in total. The lowest BCUT2D eigenvalue weighted by Gasteiger charge is -2.40. The molecule has 0 aromatic rings. The van der Waals surface area contributed by atoms with E-state index < -0.39 is 15.8 Å². The molecule has 2 aliphatic heterocycles. The highest BCUT2D eigenvalue weighted by molar-refractivity contribution is 7.86. The fourth-order valence-corrected chi connectivity index (χ4v) is 6.42. The highest BCUT2D eigenvalue weighted by Crippen LogP contribution is 2.26. The predicted molar refractivity (Wildman–Crippen MR) is 122 cm³/mol. The van der Waals surface area contributed by atoms with Crippen LogP contribution in [0.5, 0.6) is 0 Å². The van der Waals surface area contributed by atoms with E-state index >= 15 is 0 Å². The average Bonchev–Trinajstić information content (AvgIpc) is 2.77. The maximum Gasteiger partial charge on any atom is 0.410 e. The van der Waals surface area contributed by atoms with E-state index in [9.17, 15) is 18.0 Å². The molecule has 0 unspecified atom stereocenters. The largest absolute Gasteiger partial charge is 0.444 e. The molecule has 3 fully saturated rings. The molecule has 10 heteroatoms. The Balaban J connectivity index is 1.47. The van der Waals surface area contributed by atoms with Gasteiger partial charge in [0.05, 0.1) is 0 Å². The molecule has 2 saturated heterocycles. The first-order valence-electron chi connectivity index (χ1n) is 12.0. The molecule has 0 radical (unpaired) electrons. The molecular formula is C22H40N4O5S. The van der Waals surface area contributed by atoms with E-state index in [1.54, 1.807) is 21.2 Å². The van der Waals surface area contributed by atoms with Crippen molar-refractivity contribution >= 4 is 22.2 Å². The van der Waals surface area contributed by atoms with Crippen LogP contribution in [0.3, 0.4) is 0 Å². The fraction of sp³-hybridized carbons (Fsp3) is 0.909. The summed E-state index contributed by atoms with van der Waals surface area (Å²) in [5.41, 5.74) is -0.533. The van der Waals surface area contributed by atoms with Crippen LogP contribution in [0.15, 0.2) is 0 Å². The average molecular weight is 473 g/mol. The third-order valence-electron chi connectivity index (χ3n) is 6.83. The number of piperazine rings is 1. The van der Waals surface area contributed by atoms with Crippen molar-refractivity contribution in [1.82, 2.24) is 18.4 Å². The molecule has 0 spiro atoms. The quantitative estimate of drug-likeness (QED) is 0.626. The Morgan fingerprint density at radius 1 is 0.844 bits per heavy atom. The highest BCUT2D eigenvalue weighted by Gasteiger charge is 2.37. The first-order valence-corrected chi connectivity index (χ1v) is 13.4. The number of piperidine rings is 1. The zero-order chi connectivity index (χ0) is 23.5. The van der Waals surface area contributed by atoms with Crippen LogP contribution in [0, 0.1) is 5.92 Å². The number of ether oxygens (including phenoxy) is 1. The van der Waals surface area contributed by atoms with Crippen LogP contribution in [-0.2, 0) is 19.7 Å². The van der Waals surface area contributed by atoms with Gasteiger partial charge in [-0.1, -0.05) is 19.3 Å². The Morgan fingerprint density at radius 3 is 1.94 bits per heavy atom. The minimum atomic E-state index is -3.50. The number of amides is 2. The molecule has 0 bridgehead atoms. The van der Waals surface area contributed by atoms with Crippen LogP contribution in [-0.4, -0.2) is 96.8 Å². The maximum absolute atomic E-state index is 13.1. The van der Waals surface area contributed by atoms with Crippen LogP contribution in [0.1, 0.15) is 65.7 Å². The van der Waals surface area contributed by atoms with Crippen LogP contribution in [0.2, 0.25) is 0 Å². The van der Waals surface area contributed by atoms with Crippen LogP contribution < -0.4 is 0 Å². The SMILES string of the molecule is CN(C1CCCCC1)S(=O)(=O)N1CCN(C(=O)C2CCN(C(=O)OC(C)(C)C)CC2)CC1. The number of hydrogen-bond donors (Lipinski definition) is 0. The Labute approximate surface area is 193 Å². The van der Waals surface area contributed by atoms with Gasteiger partial charge in [0.15, 0.2) is 0 Å². The van der Waals surface area contributed by atoms with Gasteiger partial charge in [0, 0.05) is 58.3 Å². The third-order valence-corrected chi connectivity index (χ3v) is 8.87. The summed E-state index contributed by atoms with van der Waals surface area (Å²) >= 11 is 0. The van der Waals surface area contributed by atoms with Gasteiger partial charge in [-0.3, -0.25) is 4.79 Å². The third kappa shape index (κ3) is 6.14. The Bertz CT molecular complexity index is 760. The maximum atomic E-state index is 13.1. The van der Waals surface area contributed by atoms with Crippen LogP contribution in [0.25, 0.3) is 0 Å². The number of rotatable bonds is 4. The number of carbonyl (C=O) groups is 2. The molecule has 0 aromatic carbocycles. The van der Waals surface area contributed by atoms with Gasteiger partial charge < -0.3 is 14.5 Å². The highest BCUT2D eigenvalue weighted by atomic mass is 32.2. The molecule has 0 aromatic heterocycles. The monoisotopic (exact) mass is 472 g/mol. The lowest BCUT2D eigenvalue weighted by atomic mass is 9.95. The van der Waals surface area contributed by atoms with E-state index in [4.69, 9.17) is 4.74 Å². The van der Waals surface area contributed by atoms with Crippen LogP contribution >= 0.6 is 0 Å². The second-order valence-corrected chi connectivity index (χ2v) is 12.3. The van der Waals surface area contributed by atoms with Crippen molar-refractivity contribution in [3.63, 3.8) is 0 Å². The molecule has 0 N–H and O–H groups in total. The van der Waals surface area contributed by atoms with E-state index in [2.05, 4.69) is 0 Å². The Kier molecular flexibility index (Phi) is 8.09. The van der Waals surface area contributed by atoms with Crippen molar-refractivity contribution in [3.05, 3.63) is 0 Å². The predicted octanol–water partition coefficient (Wildman–Crippen LogP) is 2.29. The number of nitrogens with zero attached hydrogens (tertiary/aromatic N) is 4. The second kappa shape index (κ2) is 10.3. The summed E-state index contributed by atoms with van der Waals surface area (Å²) in [4.78, 5) is 28.7. The molecule has 1 saturated carbocycles. The summed E-state index contributed by atoms with van der Waals surface area (Å²) in [6.45, 7) is 8.04. The smallest absolute Gasteiger partial charge is 0.410 e. The number of likely N-dealkylation sites (tertiary alicyclic amines) is 1. The normalized spacial score (nSPS) is 22.9. The molecule has 2 heterocycles. The lowest BCUT2D eigenvalue weighted by molar-refractivity contribution is -0.138. The second-order valence-electron chi connectivity index (χ2n) is 10.3. The van der Waals surface area contributed by atoms with Gasteiger partial charge in [0.1, 0.15) is 5.60 Å². The van der Waals surface area contributed by atoms with E-state index in [1.807, 2.05) is 20.8 Å². The van der Waals surface area contributed by atoms with Crippen molar-refractivity contribution in [2.75, 3.05) is 46.3 Å². The van der Waals surface area contributed by atoms with Gasteiger partial charge in [0.2, 0.25) is 5.91 Å². The van der Waals surface area contributed by atoms with Gasteiger partial charge in [-0.05, 0) is 46.5 Å². The van der Waals surface area contributed by atoms with Crippen molar-refractivity contribution < 1.29 is 22.7 Å². The lowest BCUT2D eigenvalue weighted by Crippen LogP contribution is -2.56. The minimum Gasteiger partial charge on any atom is -0.444 e. The van der Waals surface area contributed by atoms with Gasteiger partial charge in [-0.2, -0.15) is 17.0 Å². The molecule has 2 amide bonds. The molecule has 184 valence electrons. The van der Waals surface area contributed by atoms with E-state index in [0.717, 1.165) is 25.7 Å². The molecular weight excluding hydrogens is 432 g/mol. The summed E-state index contributed by atoms with van der Waals surface area (Å²) in [6, 6.07) is 0.0866. The van der Waals surface area contributed by atoms with Crippen LogP contribution in [0.4, 0.5) is 4.79 Å². The van der Waals surface area contributed by atoms with Crippen molar-refractivity contribution in [2.24, 2.45) is 5.92 Å². The molecule has 3 aliphatic rings. The molecule has 1 aliphatic carbocycles. The first kappa shape index (κ1) is 25.2. The zero-order valence-corrected chi connectivity index (χ0v) is 20.9. The summed E-state index contributed by atoms with van der Waals surface area (Å²) in [6.07, 6.45) is 6.10. The summed E-state index contributed by atoms with van der Waals surface area (Å²) < 4.78 is 34.6. The van der Waals surface area contributed by atoms with E-state index in [1.165, 1.54) is 10.7 Å². The van der Waals surface area contributed by atoms with E-state index in [0.29, 0.717) is 52.1 Å².